The number of carbonyl (C=O) groups is 1. The molecule has 124 valence electrons. The van der Waals surface area contributed by atoms with Gasteiger partial charge in [-0.3, -0.25) is 4.79 Å². The molecule has 0 atom stereocenters. The highest BCUT2D eigenvalue weighted by Crippen LogP contribution is 2.31. The van der Waals surface area contributed by atoms with Crippen molar-refractivity contribution in [1.29, 1.82) is 0 Å². The zero-order chi connectivity index (χ0) is 16.4. The highest BCUT2D eigenvalue weighted by molar-refractivity contribution is 5.94. The van der Waals surface area contributed by atoms with Crippen LogP contribution in [0.3, 0.4) is 0 Å². The average Bonchev–Trinajstić information content (AvgIpc) is 3.11. The van der Waals surface area contributed by atoms with Gasteiger partial charge in [0.05, 0.1) is 13.2 Å². The first-order valence-electron chi connectivity index (χ1n) is 8.48. The lowest BCUT2D eigenvalue weighted by Crippen LogP contribution is -2.47. The Bertz CT molecular complexity index is 695. The summed E-state index contributed by atoms with van der Waals surface area (Å²) in [7, 11) is 0. The third-order valence-corrected chi connectivity index (χ3v) is 4.86. The van der Waals surface area contributed by atoms with Crippen LogP contribution < -0.4 is 0 Å². The van der Waals surface area contributed by atoms with Gasteiger partial charge in [0.2, 0.25) is 0 Å². The predicted molar refractivity (Wildman–Crippen MR) is 91.7 cm³/mol. The maximum atomic E-state index is 12.7. The molecule has 0 unspecified atom stereocenters. The number of piperidine rings is 1. The molecule has 2 heterocycles. The summed E-state index contributed by atoms with van der Waals surface area (Å²) >= 11 is 0. The molecule has 0 aromatic heterocycles. The van der Waals surface area contributed by atoms with Crippen molar-refractivity contribution in [2.75, 3.05) is 26.3 Å². The van der Waals surface area contributed by atoms with Crippen molar-refractivity contribution < 1.29 is 14.3 Å². The van der Waals surface area contributed by atoms with E-state index in [2.05, 4.69) is 12.1 Å². The summed E-state index contributed by atoms with van der Waals surface area (Å²) in [5.74, 6) is -0.351. The van der Waals surface area contributed by atoms with Gasteiger partial charge >= 0.3 is 0 Å². The molecule has 0 radical (unpaired) electrons. The van der Waals surface area contributed by atoms with Crippen LogP contribution in [-0.2, 0) is 9.47 Å². The van der Waals surface area contributed by atoms with E-state index < -0.39 is 5.79 Å². The van der Waals surface area contributed by atoms with E-state index in [1.807, 2.05) is 47.4 Å². The largest absolute Gasteiger partial charge is 0.347 e. The fourth-order valence-corrected chi connectivity index (χ4v) is 3.45. The SMILES string of the molecule is O=C(c1ccc(-c2ccccc2)cc1)N1CCC2(CC1)OCCO2. The summed E-state index contributed by atoms with van der Waals surface area (Å²) in [6.07, 6.45) is 1.50. The fraction of sp³-hybridized carbons (Fsp3) is 0.350. The Balaban J connectivity index is 1.43. The Morgan fingerprint density at radius 1 is 0.833 bits per heavy atom. The number of hydrogen-bond acceptors (Lipinski definition) is 3. The Hall–Kier alpha value is -2.17. The number of carbonyl (C=O) groups excluding carboxylic acids is 1. The van der Waals surface area contributed by atoms with E-state index in [1.54, 1.807) is 0 Å². The van der Waals surface area contributed by atoms with Gasteiger partial charge in [0.25, 0.3) is 5.91 Å². The maximum absolute atomic E-state index is 12.7. The van der Waals surface area contributed by atoms with Gasteiger partial charge in [-0.1, -0.05) is 42.5 Å². The predicted octanol–water partition coefficient (Wildman–Crippen LogP) is 3.33. The van der Waals surface area contributed by atoms with Crippen LogP contribution in [0, 0.1) is 0 Å². The standard InChI is InChI=1S/C20H21NO3/c22-19(21-12-10-20(11-13-21)23-14-15-24-20)18-8-6-17(7-9-18)16-4-2-1-3-5-16/h1-9H,10-15H2. The Morgan fingerprint density at radius 2 is 1.42 bits per heavy atom. The van der Waals surface area contributed by atoms with Crippen LogP contribution in [0.4, 0.5) is 0 Å². The van der Waals surface area contributed by atoms with Crippen molar-refractivity contribution in [3.05, 3.63) is 60.2 Å². The van der Waals surface area contributed by atoms with Crippen LogP contribution in [0.1, 0.15) is 23.2 Å². The topological polar surface area (TPSA) is 38.8 Å². The van der Waals surface area contributed by atoms with Crippen LogP contribution in [0.2, 0.25) is 0 Å². The number of benzene rings is 2. The van der Waals surface area contributed by atoms with Gasteiger partial charge < -0.3 is 14.4 Å². The van der Waals surface area contributed by atoms with Crippen LogP contribution in [0.5, 0.6) is 0 Å². The number of nitrogens with zero attached hydrogens (tertiary/aromatic N) is 1. The van der Waals surface area contributed by atoms with Crippen molar-refractivity contribution in [3.63, 3.8) is 0 Å². The molecule has 0 saturated carbocycles. The van der Waals surface area contributed by atoms with Crippen LogP contribution in [0.15, 0.2) is 54.6 Å². The molecule has 4 nitrogen and oxygen atoms in total. The van der Waals surface area contributed by atoms with Crippen LogP contribution in [0.25, 0.3) is 11.1 Å². The fourth-order valence-electron chi connectivity index (χ4n) is 3.45. The zero-order valence-corrected chi connectivity index (χ0v) is 13.6. The normalized spacial score (nSPS) is 19.6. The third kappa shape index (κ3) is 2.95. The Labute approximate surface area is 142 Å². The molecule has 2 saturated heterocycles. The van der Waals surface area contributed by atoms with Gasteiger partial charge in [0, 0.05) is 31.5 Å². The lowest BCUT2D eigenvalue weighted by Gasteiger charge is -2.37. The minimum atomic E-state index is -0.437. The second kappa shape index (κ2) is 6.38. The molecule has 2 aromatic rings. The van der Waals surface area contributed by atoms with Gasteiger partial charge in [-0.25, -0.2) is 0 Å². The summed E-state index contributed by atoms with van der Waals surface area (Å²) < 4.78 is 11.4. The lowest BCUT2D eigenvalue weighted by molar-refractivity contribution is -0.181. The number of ether oxygens (including phenoxy) is 2. The van der Waals surface area contributed by atoms with Crippen molar-refractivity contribution in [2.24, 2.45) is 0 Å². The van der Waals surface area contributed by atoms with Gasteiger partial charge in [-0.2, -0.15) is 0 Å². The van der Waals surface area contributed by atoms with Crippen molar-refractivity contribution >= 4 is 5.91 Å². The smallest absolute Gasteiger partial charge is 0.253 e. The lowest BCUT2D eigenvalue weighted by atomic mass is 10.0. The van der Waals surface area contributed by atoms with E-state index in [0.717, 1.165) is 29.5 Å². The van der Waals surface area contributed by atoms with Gasteiger partial charge in [0.15, 0.2) is 5.79 Å². The van der Waals surface area contributed by atoms with E-state index in [4.69, 9.17) is 9.47 Å². The van der Waals surface area contributed by atoms with Gasteiger partial charge in [-0.05, 0) is 23.3 Å². The van der Waals surface area contributed by atoms with E-state index in [0.29, 0.717) is 26.3 Å². The van der Waals surface area contributed by atoms with E-state index >= 15 is 0 Å². The molecule has 2 aliphatic rings. The summed E-state index contributed by atoms with van der Waals surface area (Å²) in [5, 5.41) is 0. The first-order chi connectivity index (χ1) is 11.8. The van der Waals surface area contributed by atoms with Gasteiger partial charge in [-0.15, -0.1) is 0 Å². The summed E-state index contributed by atoms with van der Waals surface area (Å²) in [4.78, 5) is 14.6. The molecule has 2 aliphatic heterocycles. The molecule has 0 N–H and O–H groups in total. The Morgan fingerprint density at radius 3 is 2.04 bits per heavy atom. The quantitative estimate of drug-likeness (QED) is 0.851. The highest BCUT2D eigenvalue weighted by Gasteiger charge is 2.40. The maximum Gasteiger partial charge on any atom is 0.253 e. The molecule has 0 aliphatic carbocycles. The molecule has 1 spiro atoms. The van der Waals surface area contributed by atoms with Crippen molar-refractivity contribution in [2.45, 2.75) is 18.6 Å². The molecular weight excluding hydrogens is 302 g/mol. The Kier molecular flexibility index (Phi) is 4.08. The number of amides is 1. The number of rotatable bonds is 2. The van der Waals surface area contributed by atoms with Gasteiger partial charge in [0.1, 0.15) is 0 Å². The first kappa shape index (κ1) is 15.4. The number of likely N-dealkylation sites (tertiary alicyclic amines) is 1. The van der Waals surface area contributed by atoms with Crippen LogP contribution >= 0.6 is 0 Å². The summed E-state index contributed by atoms with van der Waals surface area (Å²) in [6, 6.07) is 18.0. The monoisotopic (exact) mass is 323 g/mol. The van der Waals surface area contributed by atoms with Crippen molar-refractivity contribution in [3.8, 4) is 11.1 Å². The van der Waals surface area contributed by atoms with E-state index in [9.17, 15) is 4.79 Å². The third-order valence-electron chi connectivity index (χ3n) is 4.86. The minimum absolute atomic E-state index is 0.0856. The molecule has 4 heteroatoms. The summed E-state index contributed by atoms with van der Waals surface area (Å²) in [6.45, 7) is 2.68. The van der Waals surface area contributed by atoms with Crippen molar-refractivity contribution in [1.82, 2.24) is 4.90 Å². The average molecular weight is 323 g/mol. The zero-order valence-electron chi connectivity index (χ0n) is 13.6. The minimum Gasteiger partial charge on any atom is -0.347 e. The molecule has 4 rings (SSSR count). The van der Waals surface area contributed by atoms with E-state index in [1.165, 1.54) is 0 Å². The number of hydrogen-bond donors (Lipinski definition) is 0. The molecule has 2 fully saturated rings. The highest BCUT2D eigenvalue weighted by atomic mass is 16.7. The molecule has 24 heavy (non-hydrogen) atoms. The molecule has 0 bridgehead atoms. The summed E-state index contributed by atoms with van der Waals surface area (Å²) in [5.41, 5.74) is 3.02. The van der Waals surface area contributed by atoms with Crippen LogP contribution in [-0.4, -0.2) is 42.9 Å². The molecular formula is C20H21NO3. The second-order valence-electron chi connectivity index (χ2n) is 6.34. The van der Waals surface area contributed by atoms with E-state index in [-0.39, 0.29) is 5.91 Å². The molecule has 1 amide bonds. The second-order valence-corrected chi connectivity index (χ2v) is 6.34. The first-order valence-corrected chi connectivity index (χ1v) is 8.48. The molecule has 2 aromatic carbocycles.